The highest BCUT2D eigenvalue weighted by molar-refractivity contribution is 7.54. The molecule has 1 N–H and O–H groups in total. The van der Waals surface area contributed by atoms with E-state index in [1.54, 1.807) is 20.8 Å². The van der Waals surface area contributed by atoms with E-state index in [1.807, 2.05) is 30.3 Å². The Bertz CT molecular complexity index is 1040. The van der Waals surface area contributed by atoms with E-state index in [0.29, 0.717) is 18.9 Å². The Hall–Kier alpha value is -2.48. The third kappa shape index (κ3) is 9.07. The van der Waals surface area contributed by atoms with Gasteiger partial charge in [-0.2, -0.15) is 0 Å². The van der Waals surface area contributed by atoms with Crippen molar-refractivity contribution in [1.29, 1.82) is 0 Å². The molecule has 1 saturated heterocycles. The zero-order valence-electron chi connectivity index (χ0n) is 22.6. The summed E-state index contributed by atoms with van der Waals surface area (Å²) in [6.45, 7) is 9.75. The van der Waals surface area contributed by atoms with Gasteiger partial charge in [-0.3, -0.25) is 23.5 Å². The number of hydrogen-bond acceptors (Lipinski definition) is 8. The molecule has 4 atom stereocenters. The number of allylic oxidation sites excluding steroid dienone is 1. The predicted octanol–water partition coefficient (Wildman–Crippen LogP) is 4.45. The molecule has 1 amide bonds. The topological polar surface area (TPSA) is 117 Å². The number of esters is 2. The summed E-state index contributed by atoms with van der Waals surface area (Å²) < 4.78 is 35.3. The van der Waals surface area contributed by atoms with E-state index in [2.05, 4.69) is 11.9 Å². The van der Waals surface area contributed by atoms with Gasteiger partial charge in [-0.15, -0.1) is 0 Å². The number of carbonyl (C=O) groups excluding carboxylic acids is 3. The summed E-state index contributed by atoms with van der Waals surface area (Å²) in [5, 5.41) is 2.68. The first-order valence-corrected chi connectivity index (χ1v) is 14.9. The molecule has 0 aromatic heterocycles. The quantitative estimate of drug-likeness (QED) is 0.231. The highest BCUT2D eigenvalue weighted by Gasteiger charge is 2.48. The molecule has 1 unspecified atom stereocenters. The molecule has 1 aromatic carbocycles. The minimum Gasteiger partial charge on any atom is -0.465 e. The van der Waals surface area contributed by atoms with E-state index in [9.17, 15) is 18.9 Å². The first-order valence-electron chi connectivity index (χ1n) is 13.2. The second kappa shape index (κ2) is 13.5. The Labute approximate surface area is 225 Å². The number of amides is 1. The molecule has 1 aliphatic carbocycles. The van der Waals surface area contributed by atoms with Gasteiger partial charge in [0.1, 0.15) is 0 Å². The summed E-state index contributed by atoms with van der Waals surface area (Å²) in [4.78, 5) is 37.5. The van der Waals surface area contributed by atoms with Gasteiger partial charge >= 0.3 is 19.5 Å². The maximum atomic E-state index is 13.3. The highest BCUT2D eigenvalue weighted by atomic mass is 31.2. The molecule has 1 saturated carbocycles. The first kappa shape index (κ1) is 30.1. The van der Waals surface area contributed by atoms with Crippen molar-refractivity contribution in [3.05, 3.63) is 48.0 Å². The van der Waals surface area contributed by atoms with Crippen LogP contribution in [-0.2, 0) is 43.9 Å². The minimum atomic E-state index is -3.74. The third-order valence-corrected chi connectivity index (χ3v) is 8.87. The van der Waals surface area contributed by atoms with Crippen molar-refractivity contribution < 1.29 is 37.5 Å². The molecule has 38 heavy (non-hydrogen) atoms. The van der Waals surface area contributed by atoms with Crippen LogP contribution in [0, 0.1) is 17.3 Å². The Morgan fingerprint density at radius 1 is 1.21 bits per heavy atom. The lowest BCUT2D eigenvalue weighted by atomic mass is 9.87. The van der Waals surface area contributed by atoms with Crippen LogP contribution in [0.4, 0.5) is 0 Å². The van der Waals surface area contributed by atoms with Crippen LogP contribution in [0.25, 0.3) is 0 Å². The van der Waals surface area contributed by atoms with Crippen LogP contribution in [0.1, 0.15) is 52.0 Å². The Morgan fingerprint density at radius 2 is 1.95 bits per heavy atom. The van der Waals surface area contributed by atoms with E-state index in [0.717, 1.165) is 24.8 Å². The van der Waals surface area contributed by atoms with Crippen molar-refractivity contribution in [3.63, 3.8) is 0 Å². The van der Waals surface area contributed by atoms with E-state index in [4.69, 9.17) is 18.5 Å². The lowest BCUT2D eigenvalue weighted by Gasteiger charge is -2.40. The second-order valence-corrected chi connectivity index (χ2v) is 13.0. The fraction of sp³-hybridized carbons (Fsp3) is 0.607. The minimum absolute atomic E-state index is 0.0204. The summed E-state index contributed by atoms with van der Waals surface area (Å²) in [7, 11) is -3.74. The molecule has 9 nitrogen and oxygen atoms in total. The molecule has 0 spiro atoms. The monoisotopic (exact) mass is 549 g/mol. The number of rotatable bonds is 12. The van der Waals surface area contributed by atoms with E-state index < -0.39 is 36.9 Å². The molecule has 3 rings (SSSR count). The molecule has 1 aliphatic heterocycles. The lowest BCUT2D eigenvalue weighted by molar-refractivity contribution is -0.147. The molecule has 2 aliphatic rings. The fourth-order valence-corrected chi connectivity index (χ4v) is 6.77. The molecule has 2 fully saturated rings. The van der Waals surface area contributed by atoms with Crippen LogP contribution < -0.4 is 5.32 Å². The zero-order valence-corrected chi connectivity index (χ0v) is 23.5. The molecular formula is C28H40NO8P. The maximum absolute atomic E-state index is 13.3. The van der Waals surface area contributed by atoms with E-state index in [-0.39, 0.29) is 38.3 Å². The normalized spacial score (nSPS) is 25.4. The third-order valence-electron chi connectivity index (χ3n) is 6.82. The van der Waals surface area contributed by atoms with Crippen LogP contribution in [0.15, 0.2) is 42.5 Å². The van der Waals surface area contributed by atoms with Crippen molar-refractivity contribution in [1.82, 2.24) is 5.32 Å². The van der Waals surface area contributed by atoms with Gasteiger partial charge < -0.3 is 19.3 Å². The van der Waals surface area contributed by atoms with Gasteiger partial charge in [-0.1, -0.05) is 63.3 Å². The molecule has 210 valence electrons. The Morgan fingerprint density at radius 3 is 2.63 bits per heavy atom. The number of ether oxygens (including phenoxy) is 2. The van der Waals surface area contributed by atoms with Crippen LogP contribution in [0.2, 0.25) is 0 Å². The second-order valence-electron chi connectivity index (χ2n) is 10.9. The van der Waals surface area contributed by atoms with Crippen molar-refractivity contribution in [2.45, 2.75) is 59.0 Å². The first-order chi connectivity index (χ1) is 18.0. The van der Waals surface area contributed by atoms with Crippen LogP contribution in [-0.4, -0.2) is 56.5 Å². The van der Waals surface area contributed by atoms with Crippen molar-refractivity contribution in [2.75, 3.05) is 32.5 Å². The molecule has 1 aromatic rings. The summed E-state index contributed by atoms with van der Waals surface area (Å²) in [6.07, 6.45) is 2.15. The molecule has 1 heterocycles. The van der Waals surface area contributed by atoms with Gasteiger partial charge in [0.05, 0.1) is 38.3 Å². The standard InChI is InChI=1S/C28H40NO8P/c1-20-10-11-23(16-20)17-35-24(30)12-14-29-26(31)25-28(3,4)19-36-38(33,37-25)18-21(2)27(32)34-15-13-22-8-6-5-7-9-22/h5-9,21,23,25H,1,10-19H2,2-4H3,(H,29,31)/t21-,23+,25+,38?/m1/s1. The van der Waals surface area contributed by atoms with Gasteiger partial charge in [0, 0.05) is 18.4 Å². The molecule has 0 bridgehead atoms. The van der Waals surface area contributed by atoms with Gasteiger partial charge in [-0.25, -0.2) is 0 Å². The van der Waals surface area contributed by atoms with Gasteiger partial charge in [-0.05, 0) is 30.7 Å². The largest absolute Gasteiger partial charge is 0.465 e. The number of carbonyl (C=O) groups is 3. The molecule has 10 heteroatoms. The van der Waals surface area contributed by atoms with Crippen LogP contribution in [0.5, 0.6) is 0 Å². The predicted molar refractivity (Wildman–Crippen MR) is 142 cm³/mol. The number of nitrogens with one attached hydrogen (secondary N) is 1. The summed E-state index contributed by atoms with van der Waals surface area (Å²) >= 11 is 0. The number of hydrogen-bond donors (Lipinski definition) is 1. The Balaban J connectivity index is 1.43. The molecular weight excluding hydrogens is 509 g/mol. The highest BCUT2D eigenvalue weighted by Crippen LogP contribution is 2.57. The summed E-state index contributed by atoms with van der Waals surface area (Å²) in [5.74, 6) is -1.81. The van der Waals surface area contributed by atoms with Crippen molar-refractivity contribution in [3.8, 4) is 0 Å². The lowest BCUT2D eigenvalue weighted by Crippen LogP contribution is -2.50. The number of benzene rings is 1. The van der Waals surface area contributed by atoms with Crippen LogP contribution >= 0.6 is 7.60 Å². The smallest absolute Gasteiger partial charge is 0.332 e. The van der Waals surface area contributed by atoms with E-state index >= 15 is 0 Å². The zero-order chi connectivity index (χ0) is 27.8. The Kier molecular flexibility index (Phi) is 10.7. The van der Waals surface area contributed by atoms with E-state index in [1.165, 1.54) is 5.57 Å². The average molecular weight is 550 g/mol. The molecule has 0 radical (unpaired) electrons. The van der Waals surface area contributed by atoms with Crippen molar-refractivity contribution in [2.24, 2.45) is 17.3 Å². The summed E-state index contributed by atoms with van der Waals surface area (Å²) in [5.41, 5.74) is 1.47. The maximum Gasteiger partial charge on any atom is 0.332 e. The van der Waals surface area contributed by atoms with Crippen LogP contribution in [0.3, 0.4) is 0 Å². The van der Waals surface area contributed by atoms with Gasteiger partial charge in [0.15, 0.2) is 6.10 Å². The average Bonchev–Trinajstić information content (AvgIpc) is 3.30. The van der Waals surface area contributed by atoms with Gasteiger partial charge in [0.25, 0.3) is 0 Å². The summed E-state index contributed by atoms with van der Waals surface area (Å²) in [6, 6.07) is 9.64. The van der Waals surface area contributed by atoms with Crippen molar-refractivity contribution >= 4 is 25.4 Å². The SMILES string of the molecule is C=C1CC[C@H](COC(=O)CCNC(=O)[C@@H]2OP(=O)(C[C@@H](C)C(=O)OCCc3ccccc3)OCC2(C)C)C1. The van der Waals surface area contributed by atoms with Gasteiger partial charge in [0.2, 0.25) is 5.91 Å². The fourth-order valence-electron chi connectivity index (χ4n) is 4.47.